The van der Waals surface area contributed by atoms with Crippen molar-refractivity contribution in [2.45, 2.75) is 26.2 Å². The van der Waals surface area contributed by atoms with Crippen LogP contribution in [-0.4, -0.2) is 4.57 Å². The molecule has 62 heavy (non-hydrogen) atoms. The van der Waals surface area contributed by atoms with Gasteiger partial charge in [-0.05, 0) is 132 Å². The maximum Gasteiger partial charge on any atom is 0.0542 e. The second-order valence-corrected chi connectivity index (χ2v) is 16.7. The van der Waals surface area contributed by atoms with E-state index in [1.807, 2.05) is 0 Å². The van der Waals surface area contributed by atoms with Crippen LogP contribution in [-0.2, 0) is 5.41 Å². The molecule has 1 heterocycles. The molecule has 9 aromatic carbocycles. The van der Waals surface area contributed by atoms with Crippen LogP contribution in [0.4, 0.5) is 51.2 Å². The molecule has 4 heteroatoms. The molecule has 10 rings (SSSR count). The lowest BCUT2D eigenvalue weighted by Gasteiger charge is -2.31. The highest BCUT2D eigenvalue weighted by atomic mass is 15.2. The van der Waals surface area contributed by atoms with Gasteiger partial charge in [0.25, 0.3) is 0 Å². The van der Waals surface area contributed by atoms with Gasteiger partial charge in [-0.25, -0.2) is 0 Å². The Kier molecular flexibility index (Phi) is 10.1. The molecular weight excluding hydrogens is 753 g/mol. The minimum atomic E-state index is 0.0518. The third-order valence-electron chi connectivity index (χ3n) is 11.7. The van der Waals surface area contributed by atoms with E-state index in [-0.39, 0.29) is 5.41 Å². The zero-order valence-electron chi connectivity index (χ0n) is 35.3. The summed E-state index contributed by atoms with van der Waals surface area (Å²) in [6, 6.07) is 85.1. The monoisotopic (exact) mass is 800 g/mol. The third kappa shape index (κ3) is 7.37. The van der Waals surface area contributed by atoms with Gasteiger partial charge in [0.2, 0.25) is 0 Å². The second-order valence-electron chi connectivity index (χ2n) is 16.7. The molecule has 10 aromatic rings. The quantitative estimate of drug-likeness (QED) is 0.137. The van der Waals surface area contributed by atoms with Crippen LogP contribution < -0.4 is 14.7 Å². The lowest BCUT2D eigenvalue weighted by molar-refractivity contribution is 0.590. The van der Waals surface area contributed by atoms with E-state index < -0.39 is 0 Å². The van der Waals surface area contributed by atoms with Crippen molar-refractivity contribution in [1.29, 1.82) is 0 Å². The number of hydrogen-bond acceptors (Lipinski definition) is 3. The Morgan fingerprint density at radius 3 is 1.13 bits per heavy atom. The number of para-hydroxylation sites is 5. The van der Waals surface area contributed by atoms with Gasteiger partial charge in [0.15, 0.2) is 0 Å². The number of hydrogen-bond donors (Lipinski definition) is 0. The number of nitrogens with zero attached hydrogens (tertiary/aromatic N) is 4. The highest BCUT2D eigenvalue weighted by Gasteiger charge is 2.22. The summed E-state index contributed by atoms with van der Waals surface area (Å²) in [5.74, 6) is 0. The predicted octanol–water partition coefficient (Wildman–Crippen LogP) is 16.5. The standard InChI is InChI=1S/C58H48N4/c1-58(2,3)43-34-36-48(37-35-43)60(46-24-12-6-13-25-46)50-29-19-31-52(41-50)61(51-30-18-28-49(40-51)59(44-20-8-4-9-21-44)45-22-10-5-11-23-45)53-38-39-57-55(42-53)54-32-16-17-33-56(54)62(57)47-26-14-7-15-27-47/h4-42H,1-3H3. The Labute approximate surface area is 364 Å². The molecule has 1 aromatic heterocycles. The van der Waals surface area contributed by atoms with Gasteiger partial charge in [0.05, 0.1) is 11.0 Å². The molecule has 0 aliphatic heterocycles. The molecule has 0 spiro atoms. The summed E-state index contributed by atoms with van der Waals surface area (Å²) in [4.78, 5) is 7.09. The fourth-order valence-electron chi connectivity index (χ4n) is 8.68. The SMILES string of the molecule is CC(C)(C)c1ccc(N(c2ccccc2)c2cccc(N(c3cccc(N(c4ccccc4)c4ccccc4)c3)c3ccc4c(c3)c3ccccc3n4-c3ccccc3)c2)cc1. The third-order valence-corrected chi connectivity index (χ3v) is 11.7. The van der Waals surface area contributed by atoms with Crippen molar-refractivity contribution in [2.75, 3.05) is 14.7 Å². The molecule has 0 aliphatic rings. The van der Waals surface area contributed by atoms with Gasteiger partial charge in [-0.15, -0.1) is 0 Å². The first-order valence-electron chi connectivity index (χ1n) is 21.4. The van der Waals surface area contributed by atoms with E-state index in [9.17, 15) is 0 Å². The summed E-state index contributed by atoms with van der Waals surface area (Å²) < 4.78 is 2.38. The van der Waals surface area contributed by atoms with E-state index in [1.54, 1.807) is 0 Å². The Balaban J connectivity index is 1.18. The summed E-state index contributed by atoms with van der Waals surface area (Å²) in [5.41, 5.74) is 14.5. The average Bonchev–Trinajstić information content (AvgIpc) is 3.65. The highest BCUT2D eigenvalue weighted by Crippen LogP contribution is 2.45. The van der Waals surface area contributed by atoms with Crippen LogP contribution >= 0.6 is 0 Å². The minimum Gasteiger partial charge on any atom is -0.310 e. The largest absolute Gasteiger partial charge is 0.310 e. The van der Waals surface area contributed by atoms with Crippen LogP contribution in [0.2, 0.25) is 0 Å². The van der Waals surface area contributed by atoms with Crippen molar-refractivity contribution < 1.29 is 0 Å². The summed E-state index contributed by atoms with van der Waals surface area (Å²) in [5, 5.41) is 2.41. The van der Waals surface area contributed by atoms with Crippen LogP contribution in [0.25, 0.3) is 27.5 Å². The van der Waals surface area contributed by atoms with Gasteiger partial charge < -0.3 is 19.3 Å². The summed E-state index contributed by atoms with van der Waals surface area (Å²) in [6.07, 6.45) is 0. The number of fused-ring (bicyclic) bond motifs is 3. The van der Waals surface area contributed by atoms with Crippen LogP contribution in [0.3, 0.4) is 0 Å². The molecule has 300 valence electrons. The summed E-state index contributed by atoms with van der Waals surface area (Å²) in [7, 11) is 0. The van der Waals surface area contributed by atoms with Crippen molar-refractivity contribution in [3.05, 3.63) is 242 Å². The molecule has 0 atom stereocenters. The molecule has 4 nitrogen and oxygen atoms in total. The molecule has 0 aliphatic carbocycles. The van der Waals surface area contributed by atoms with Gasteiger partial charge in [0, 0.05) is 67.6 Å². The molecule has 0 N–H and O–H groups in total. The Morgan fingerprint density at radius 2 is 0.645 bits per heavy atom. The predicted molar refractivity (Wildman–Crippen MR) is 264 cm³/mol. The van der Waals surface area contributed by atoms with E-state index in [2.05, 4.69) is 277 Å². The smallest absolute Gasteiger partial charge is 0.0542 e. The van der Waals surface area contributed by atoms with Gasteiger partial charge >= 0.3 is 0 Å². The first-order valence-corrected chi connectivity index (χ1v) is 21.4. The van der Waals surface area contributed by atoms with E-state index >= 15 is 0 Å². The average molecular weight is 801 g/mol. The zero-order valence-corrected chi connectivity index (χ0v) is 35.3. The lowest BCUT2D eigenvalue weighted by atomic mass is 9.87. The molecule has 0 bridgehead atoms. The molecule has 0 amide bonds. The first-order chi connectivity index (χ1) is 30.4. The summed E-state index contributed by atoms with van der Waals surface area (Å²) in [6.45, 7) is 6.79. The molecule has 0 fully saturated rings. The van der Waals surface area contributed by atoms with Crippen molar-refractivity contribution in [1.82, 2.24) is 4.57 Å². The Morgan fingerprint density at radius 1 is 0.290 bits per heavy atom. The van der Waals surface area contributed by atoms with Gasteiger partial charge in [-0.1, -0.05) is 136 Å². The number of rotatable bonds is 10. The van der Waals surface area contributed by atoms with E-state index in [4.69, 9.17) is 0 Å². The van der Waals surface area contributed by atoms with Crippen LogP contribution in [0.5, 0.6) is 0 Å². The number of benzene rings is 9. The van der Waals surface area contributed by atoms with Gasteiger partial charge in [-0.3, -0.25) is 0 Å². The van der Waals surface area contributed by atoms with Gasteiger partial charge in [-0.2, -0.15) is 0 Å². The number of aromatic nitrogens is 1. The minimum absolute atomic E-state index is 0.0518. The fourth-order valence-corrected chi connectivity index (χ4v) is 8.68. The molecule has 0 saturated carbocycles. The normalized spacial score (nSPS) is 11.5. The van der Waals surface area contributed by atoms with Crippen LogP contribution in [0.15, 0.2) is 237 Å². The Hall–Kier alpha value is -7.82. The van der Waals surface area contributed by atoms with Crippen LogP contribution in [0, 0.1) is 0 Å². The van der Waals surface area contributed by atoms with Gasteiger partial charge in [0.1, 0.15) is 0 Å². The van der Waals surface area contributed by atoms with E-state index in [0.29, 0.717) is 0 Å². The molecular formula is C58H48N4. The van der Waals surface area contributed by atoms with Crippen molar-refractivity contribution in [3.8, 4) is 5.69 Å². The topological polar surface area (TPSA) is 14.7 Å². The Bertz CT molecular complexity index is 3060. The fraction of sp³-hybridized carbons (Fsp3) is 0.0690. The zero-order chi connectivity index (χ0) is 42.0. The van der Waals surface area contributed by atoms with E-state index in [0.717, 1.165) is 62.4 Å². The maximum absolute atomic E-state index is 2.40. The molecule has 0 saturated heterocycles. The van der Waals surface area contributed by atoms with E-state index in [1.165, 1.54) is 21.9 Å². The van der Waals surface area contributed by atoms with Crippen molar-refractivity contribution >= 4 is 73.0 Å². The molecule has 0 radical (unpaired) electrons. The maximum atomic E-state index is 2.40. The summed E-state index contributed by atoms with van der Waals surface area (Å²) >= 11 is 0. The van der Waals surface area contributed by atoms with Crippen LogP contribution in [0.1, 0.15) is 26.3 Å². The lowest BCUT2D eigenvalue weighted by Crippen LogP contribution is -2.15. The van der Waals surface area contributed by atoms with Crippen molar-refractivity contribution in [3.63, 3.8) is 0 Å². The highest BCUT2D eigenvalue weighted by molar-refractivity contribution is 6.10. The van der Waals surface area contributed by atoms with Crippen molar-refractivity contribution in [2.24, 2.45) is 0 Å². The number of anilines is 9. The molecule has 0 unspecified atom stereocenters. The second kappa shape index (κ2) is 16.3. The first kappa shape index (κ1) is 38.4.